The molecule has 0 radical (unpaired) electrons. The van der Waals surface area contributed by atoms with Crippen LogP contribution in [0.15, 0.2) is 18.3 Å². The van der Waals surface area contributed by atoms with Crippen LogP contribution in [0.1, 0.15) is 45.4 Å². The minimum atomic E-state index is -0.216. The molecule has 1 aromatic heterocycles. The molecule has 1 rings (SSSR count). The van der Waals surface area contributed by atoms with Crippen molar-refractivity contribution in [3.05, 3.63) is 29.6 Å². The molecular weight excluding hydrogens is 238 g/mol. The van der Waals surface area contributed by atoms with Gasteiger partial charge in [0.15, 0.2) is 0 Å². The third-order valence-electron chi connectivity index (χ3n) is 3.32. The van der Waals surface area contributed by atoms with E-state index in [-0.39, 0.29) is 17.5 Å². The average molecular weight is 263 g/mol. The third-order valence-corrected chi connectivity index (χ3v) is 3.32. The van der Waals surface area contributed by atoms with Crippen LogP contribution < -0.4 is 10.6 Å². The van der Waals surface area contributed by atoms with Crippen LogP contribution in [0, 0.1) is 6.92 Å². The van der Waals surface area contributed by atoms with E-state index in [1.54, 1.807) is 0 Å². The largest absolute Gasteiger partial charge is 0.350 e. The SMILES string of the molecule is CCC(C)(C)NC(=O)C(C)NCc1ccc(C)nc1. The van der Waals surface area contributed by atoms with Crippen LogP contribution >= 0.6 is 0 Å². The Hall–Kier alpha value is -1.42. The first-order valence-corrected chi connectivity index (χ1v) is 6.81. The molecule has 0 bridgehead atoms. The van der Waals surface area contributed by atoms with Crippen LogP contribution in [-0.2, 0) is 11.3 Å². The van der Waals surface area contributed by atoms with Gasteiger partial charge < -0.3 is 10.6 Å². The second kappa shape index (κ2) is 6.66. The van der Waals surface area contributed by atoms with Crippen LogP contribution in [0.5, 0.6) is 0 Å². The van der Waals surface area contributed by atoms with E-state index >= 15 is 0 Å². The second-order valence-corrected chi connectivity index (χ2v) is 5.64. The lowest BCUT2D eigenvalue weighted by Crippen LogP contribution is -2.50. The smallest absolute Gasteiger partial charge is 0.237 e. The van der Waals surface area contributed by atoms with Gasteiger partial charge in [0.2, 0.25) is 5.91 Å². The van der Waals surface area contributed by atoms with Crippen molar-refractivity contribution in [1.29, 1.82) is 0 Å². The van der Waals surface area contributed by atoms with Crippen molar-refractivity contribution in [3.63, 3.8) is 0 Å². The lowest BCUT2D eigenvalue weighted by Gasteiger charge is -2.26. The van der Waals surface area contributed by atoms with Crippen LogP contribution in [0.4, 0.5) is 0 Å². The highest BCUT2D eigenvalue weighted by atomic mass is 16.2. The quantitative estimate of drug-likeness (QED) is 0.827. The lowest BCUT2D eigenvalue weighted by atomic mass is 10.0. The molecule has 0 aliphatic rings. The number of amides is 1. The lowest BCUT2D eigenvalue weighted by molar-refractivity contribution is -0.124. The Labute approximate surface area is 116 Å². The maximum atomic E-state index is 12.0. The summed E-state index contributed by atoms with van der Waals surface area (Å²) in [5.41, 5.74) is 1.93. The number of aryl methyl sites for hydroxylation is 1. The molecule has 1 atom stereocenters. The zero-order chi connectivity index (χ0) is 14.5. The molecule has 2 N–H and O–H groups in total. The van der Waals surface area contributed by atoms with Gasteiger partial charge >= 0.3 is 0 Å². The molecule has 1 unspecified atom stereocenters. The predicted molar refractivity (Wildman–Crippen MR) is 77.8 cm³/mol. The second-order valence-electron chi connectivity index (χ2n) is 5.64. The summed E-state index contributed by atoms with van der Waals surface area (Å²) in [5.74, 6) is 0.0342. The van der Waals surface area contributed by atoms with E-state index in [4.69, 9.17) is 0 Å². The number of rotatable bonds is 6. The Morgan fingerprint density at radius 2 is 2.11 bits per heavy atom. The van der Waals surface area contributed by atoms with Gasteiger partial charge in [-0.05, 0) is 45.7 Å². The maximum Gasteiger partial charge on any atom is 0.237 e. The van der Waals surface area contributed by atoms with Gasteiger partial charge in [-0.25, -0.2) is 0 Å². The number of hydrogen-bond acceptors (Lipinski definition) is 3. The highest BCUT2D eigenvalue weighted by molar-refractivity contribution is 5.81. The molecule has 1 heterocycles. The fraction of sp³-hybridized carbons (Fsp3) is 0.600. The number of carbonyl (C=O) groups is 1. The molecule has 1 aromatic rings. The monoisotopic (exact) mass is 263 g/mol. The van der Waals surface area contributed by atoms with Crippen molar-refractivity contribution in [2.75, 3.05) is 0 Å². The summed E-state index contributed by atoms with van der Waals surface area (Å²) in [5, 5.41) is 6.25. The van der Waals surface area contributed by atoms with Crippen molar-refractivity contribution in [2.24, 2.45) is 0 Å². The Morgan fingerprint density at radius 1 is 1.42 bits per heavy atom. The summed E-state index contributed by atoms with van der Waals surface area (Å²) in [6.45, 7) is 10.6. The van der Waals surface area contributed by atoms with E-state index in [0.717, 1.165) is 17.7 Å². The molecule has 0 saturated heterocycles. The predicted octanol–water partition coefficient (Wildman–Crippen LogP) is 2.17. The molecule has 0 saturated carbocycles. The van der Waals surface area contributed by atoms with E-state index in [1.165, 1.54) is 0 Å². The Morgan fingerprint density at radius 3 is 2.63 bits per heavy atom. The van der Waals surface area contributed by atoms with Gasteiger partial charge in [0.1, 0.15) is 0 Å². The normalized spacial score (nSPS) is 13.1. The van der Waals surface area contributed by atoms with Gasteiger partial charge in [0.05, 0.1) is 6.04 Å². The molecule has 0 aromatic carbocycles. The number of nitrogens with one attached hydrogen (secondary N) is 2. The zero-order valence-corrected chi connectivity index (χ0v) is 12.6. The minimum Gasteiger partial charge on any atom is -0.350 e. The summed E-state index contributed by atoms with van der Waals surface area (Å²) < 4.78 is 0. The van der Waals surface area contributed by atoms with Crippen LogP contribution in [-0.4, -0.2) is 22.5 Å². The molecule has 0 aliphatic heterocycles. The van der Waals surface area contributed by atoms with Crippen molar-refractivity contribution in [1.82, 2.24) is 15.6 Å². The van der Waals surface area contributed by atoms with Gasteiger partial charge in [-0.15, -0.1) is 0 Å². The summed E-state index contributed by atoms with van der Waals surface area (Å²) in [6.07, 6.45) is 2.75. The van der Waals surface area contributed by atoms with E-state index in [9.17, 15) is 4.79 Å². The van der Waals surface area contributed by atoms with E-state index in [0.29, 0.717) is 6.54 Å². The minimum absolute atomic E-state index is 0.0342. The number of nitrogens with zero attached hydrogens (tertiary/aromatic N) is 1. The highest BCUT2D eigenvalue weighted by Crippen LogP contribution is 2.07. The zero-order valence-electron chi connectivity index (χ0n) is 12.6. The topological polar surface area (TPSA) is 54.0 Å². The summed E-state index contributed by atoms with van der Waals surface area (Å²) >= 11 is 0. The number of aromatic nitrogens is 1. The first-order chi connectivity index (χ1) is 8.84. The molecule has 0 aliphatic carbocycles. The standard InChI is InChI=1S/C15H25N3O/c1-6-15(4,5)18-14(19)12(3)17-10-13-8-7-11(2)16-9-13/h7-9,12,17H,6,10H2,1-5H3,(H,18,19). The van der Waals surface area contributed by atoms with E-state index in [1.807, 2.05) is 46.0 Å². The van der Waals surface area contributed by atoms with Gasteiger partial charge in [0.25, 0.3) is 0 Å². The molecule has 0 spiro atoms. The summed E-state index contributed by atoms with van der Waals surface area (Å²) in [4.78, 5) is 16.2. The van der Waals surface area contributed by atoms with E-state index < -0.39 is 0 Å². The highest BCUT2D eigenvalue weighted by Gasteiger charge is 2.21. The van der Waals surface area contributed by atoms with Crippen LogP contribution in [0.25, 0.3) is 0 Å². The van der Waals surface area contributed by atoms with Crippen LogP contribution in [0.3, 0.4) is 0 Å². The first kappa shape index (κ1) is 15.6. The van der Waals surface area contributed by atoms with Crippen molar-refractivity contribution >= 4 is 5.91 Å². The molecule has 0 fully saturated rings. The molecule has 19 heavy (non-hydrogen) atoms. The van der Waals surface area contributed by atoms with Gasteiger partial charge in [-0.1, -0.05) is 13.0 Å². The Bertz CT molecular complexity index is 412. The van der Waals surface area contributed by atoms with Gasteiger partial charge in [-0.2, -0.15) is 0 Å². The molecular formula is C15H25N3O. The summed E-state index contributed by atoms with van der Waals surface area (Å²) in [7, 11) is 0. The van der Waals surface area contributed by atoms with Crippen molar-refractivity contribution in [3.8, 4) is 0 Å². The number of pyridine rings is 1. The maximum absolute atomic E-state index is 12.0. The van der Waals surface area contributed by atoms with E-state index in [2.05, 4.69) is 22.5 Å². The van der Waals surface area contributed by atoms with Crippen molar-refractivity contribution < 1.29 is 4.79 Å². The molecule has 4 nitrogen and oxygen atoms in total. The fourth-order valence-electron chi connectivity index (χ4n) is 1.50. The molecule has 4 heteroatoms. The summed E-state index contributed by atoms with van der Waals surface area (Å²) in [6, 6.07) is 3.78. The van der Waals surface area contributed by atoms with Crippen LogP contribution in [0.2, 0.25) is 0 Å². The fourth-order valence-corrected chi connectivity index (χ4v) is 1.50. The number of hydrogen-bond donors (Lipinski definition) is 2. The molecule has 1 amide bonds. The van der Waals surface area contributed by atoms with Crippen molar-refractivity contribution in [2.45, 2.75) is 59.2 Å². The Kier molecular flexibility index (Phi) is 5.48. The third kappa shape index (κ3) is 5.39. The van der Waals surface area contributed by atoms with Gasteiger partial charge in [-0.3, -0.25) is 9.78 Å². The average Bonchev–Trinajstić information content (AvgIpc) is 2.37. The molecule has 106 valence electrons. The Balaban J connectivity index is 2.44. The van der Waals surface area contributed by atoms with Gasteiger partial charge in [0, 0.05) is 24.0 Å². The number of carbonyl (C=O) groups excluding carboxylic acids is 1. The first-order valence-electron chi connectivity index (χ1n) is 6.81.